The number of carboxylic acids is 1. The van der Waals surface area contributed by atoms with E-state index in [-0.39, 0.29) is 17.1 Å². The predicted molar refractivity (Wildman–Crippen MR) is 64.4 cm³/mol. The van der Waals surface area contributed by atoms with Crippen LogP contribution in [0.15, 0.2) is 24.4 Å². The Morgan fingerprint density at radius 3 is 2.89 bits per heavy atom. The zero-order valence-electron chi connectivity index (χ0n) is 9.36. The summed E-state index contributed by atoms with van der Waals surface area (Å²) in [6, 6.07) is 4.05. The van der Waals surface area contributed by atoms with E-state index >= 15 is 0 Å². The van der Waals surface area contributed by atoms with Crippen molar-refractivity contribution in [1.29, 1.82) is 0 Å². The minimum Gasteiger partial charge on any atom is -0.481 e. The highest BCUT2D eigenvalue weighted by Gasteiger charge is 2.16. The molecule has 0 aliphatic rings. The molecular weight excluding hydrogens is 276 g/mol. The van der Waals surface area contributed by atoms with E-state index in [1.54, 1.807) is 0 Å². The van der Waals surface area contributed by atoms with Crippen molar-refractivity contribution in [3.63, 3.8) is 0 Å². The Hall–Kier alpha value is -2.48. The summed E-state index contributed by atoms with van der Waals surface area (Å²) in [6.07, 6.45) is 0.998. The average molecular weight is 283 g/mol. The number of aliphatic carboxylic acids is 1. The van der Waals surface area contributed by atoms with Crippen molar-refractivity contribution in [3.05, 3.63) is 45.2 Å². The quantitative estimate of drug-likeness (QED) is 0.671. The van der Waals surface area contributed by atoms with Gasteiger partial charge in [0.25, 0.3) is 5.69 Å². The summed E-state index contributed by atoms with van der Waals surface area (Å²) in [5.74, 6) is -1.05. The maximum absolute atomic E-state index is 10.8. The second kappa shape index (κ2) is 5.02. The van der Waals surface area contributed by atoms with E-state index in [0.717, 1.165) is 0 Å². The molecule has 19 heavy (non-hydrogen) atoms. The van der Waals surface area contributed by atoms with Gasteiger partial charge in [-0.1, -0.05) is 16.8 Å². The summed E-state index contributed by atoms with van der Waals surface area (Å²) in [5.41, 5.74) is 0.352. The van der Waals surface area contributed by atoms with Gasteiger partial charge in [0.15, 0.2) is 0 Å². The molecule has 2 aromatic rings. The molecule has 0 saturated heterocycles. The number of aromatic nitrogens is 3. The van der Waals surface area contributed by atoms with Gasteiger partial charge in [-0.25, -0.2) is 4.68 Å². The second-order valence-corrected chi connectivity index (χ2v) is 4.01. The normalized spacial score (nSPS) is 10.4. The lowest BCUT2D eigenvalue weighted by atomic mass is 10.2. The number of nitrogens with zero attached hydrogens (tertiary/aromatic N) is 4. The number of rotatable bonds is 4. The second-order valence-electron chi connectivity index (χ2n) is 3.60. The molecule has 0 saturated carbocycles. The van der Waals surface area contributed by atoms with E-state index in [1.807, 2.05) is 0 Å². The maximum atomic E-state index is 10.8. The third-order valence-corrected chi connectivity index (χ3v) is 2.64. The molecule has 1 aromatic carbocycles. The minimum absolute atomic E-state index is 0.00588. The SMILES string of the molecule is O=C(O)Cc1cnnn1-c1ccc(Cl)c([N+](=O)[O-])c1. The highest BCUT2D eigenvalue weighted by Crippen LogP contribution is 2.26. The monoisotopic (exact) mass is 282 g/mol. The summed E-state index contributed by atoms with van der Waals surface area (Å²) >= 11 is 5.70. The van der Waals surface area contributed by atoms with Crippen LogP contribution in [0.5, 0.6) is 0 Å². The zero-order chi connectivity index (χ0) is 14.0. The first kappa shape index (κ1) is 13.0. The Bertz CT molecular complexity index is 655. The molecule has 0 fully saturated rings. The van der Waals surface area contributed by atoms with E-state index in [0.29, 0.717) is 11.4 Å². The molecule has 8 nitrogen and oxygen atoms in total. The fourth-order valence-electron chi connectivity index (χ4n) is 1.52. The van der Waals surface area contributed by atoms with Crippen LogP contribution in [0.3, 0.4) is 0 Å². The van der Waals surface area contributed by atoms with Crippen LogP contribution < -0.4 is 0 Å². The summed E-state index contributed by atoms with van der Waals surface area (Å²) < 4.78 is 1.22. The zero-order valence-corrected chi connectivity index (χ0v) is 10.1. The lowest BCUT2D eigenvalue weighted by molar-refractivity contribution is -0.384. The molecule has 9 heteroatoms. The fraction of sp³-hybridized carbons (Fsp3) is 0.100. The molecule has 0 amide bonds. The number of nitro benzene ring substituents is 1. The van der Waals surface area contributed by atoms with E-state index in [1.165, 1.54) is 29.1 Å². The van der Waals surface area contributed by atoms with Crippen molar-refractivity contribution in [2.24, 2.45) is 0 Å². The van der Waals surface area contributed by atoms with Crippen molar-refractivity contribution < 1.29 is 14.8 Å². The number of hydrogen-bond acceptors (Lipinski definition) is 5. The number of hydrogen-bond donors (Lipinski definition) is 1. The molecule has 0 spiro atoms. The predicted octanol–water partition coefficient (Wildman–Crippen LogP) is 1.46. The van der Waals surface area contributed by atoms with Crippen LogP contribution in [0.2, 0.25) is 5.02 Å². The third kappa shape index (κ3) is 2.68. The summed E-state index contributed by atoms with van der Waals surface area (Å²) in [4.78, 5) is 20.8. The molecule has 1 N–H and O–H groups in total. The van der Waals surface area contributed by atoms with Gasteiger partial charge in [0.1, 0.15) is 5.02 Å². The standard InChI is InChI=1S/C10H7ClN4O4/c11-8-2-1-6(3-9(8)15(18)19)14-7(4-10(16)17)5-12-13-14/h1-3,5H,4H2,(H,16,17). The Balaban J connectivity index is 2.48. The van der Waals surface area contributed by atoms with E-state index in [4.69, 9.17) is 16.7 Å². The molecule has 1 aromatic heterocycles. The first-order valence-corrected chi connectivity index (χ1v) is 5.42. The van der Waals surface area contributed by atoms with Gasteiger partial charge in [-0.2, -0.15) is 0 Å². The molecule has 0 unspecified atom stereocenters. The largest absolute Gasteiger partial charge is 0.481 e. The molecule has 0 bridgehead atoms. The van der Waals surface area contributed by atoms with Crippen molar-refractivity contribution in [3.8, 4) is 5.69 Å². The first-order chi connectivity index (χ1) is 8.99. The van der Waals surface area contributed by atoms with Crippen molar-refractivity contribution in [2.45, 2.75) is 6.42 Å². The smallest absolute Gasteiger partial charge is 0.309 e. The number of carbonyl (C=O) groups is 1. The molecule has 98 valence electrons. The topological polar surface area (TPSA) is 111 Å². The molecular formula is C10H7ClN4O4. The summed E-state index contributed by atoms with van der Waals surface area (Å²) in [7, 11) is 0. The van der Waals surface area contributed by atoms with E-state index in [9.17, 15) is 14.9 Å². The lowest BCUT2D eigenvalue weighted by Crippen LogP contribution is -2.08. The Morgan fingerprint density at radius 2 is 2.26 bits per heavy atom. The number of benzene rings is 1. The highest BCUT2D eigenvalue weighted by atomic mass is 35.5. The van der Waals surface area contributed by atoms with Crippen LogP contribution in [0.25, 0.3) is 5.69 Å². The van der Waals surface area contributed by atoms with Crippen molar-refractivity contribution >= 4 is 23.3 Å². The molecule has 0 radical (unpaired) electrons. The number of nitro groups is 1. The maximum Gasteiger partial charge on any atom is 0.309 e. The van der Waals surface area contributed by atoms with E-state index in [2.05, 4.69) is 10.3 Å². The fourth-order valence-corrected chi connectivity index (χ4v) is 1.71. The van der Waals surface area contributed by atoms with Crippen LogP contribution >= 0.6 is 11.6 Å². The third-order valence-electron chi connectivity index (χ3n) is 2.32. The van der Waals surface area contributed by atoms with Crippen LogP contribution in [0, 0.1) is 10.1 Å². The highest BCUT2D eigenvalue weighted by molar-refractivity contribution is 6.32. The first-order valence-electron chi connectivity index (χ1n) is 5.04. The lowest BCUT2D eigenvalue weighted by Gasteiger charge is -2.05. The number of halogens is 1. The summed E-state index contributed by atoms with van der Waals surface area (Å²) in [5, 5.41) is 26.8. The van der Waals surface area contributed by atoms with Crippen LogP contribution in [0.4, 0.5) is 5.69 Å². The van der Waals surface area contributed by atoms with Gasteiger partial charge in [0.2, 0.25) is 0 Å². The van der Waals surface area contributed by atoms with Gasteiger partial charge >= 0.3 is 5.97 Å². The average Bonchev–Trinajstić information content (AvgIpc) is 2.76. The van der Waals surface area contributed by atoms with Gasteiger partial charge in [0.05, 0.1) is 28.9 Å². The Labute approximate surface area is 111 Å². The van der Waals surface area contributed by atoms with Crippen molar-refractivity contribution in [2.75, 3.05) is 0 Å². The number of carboxylic acid groups (broad SMARTS) is 1. The molecule has 0 aliphatic heterocycles. The Kier molecular flexibility index (Phi) is 3.43. The van der Waals surface area contributed by atoms with Gasteiger partial charge < -0.3 is 5.11 Å². The van der Waals surface area contributed by atoms with Gasteiger partial charge in [-0.3, -0.25) is 14.9 Å². The Morgan fingerprint density at radius 1 is 1.53 bits per heavy atom. The van der Waals surface area contributed by atoms with Gasteiger partial charge in [-0.15, -0.1) is 5.10 Å². The van der Waals surface area contributed by atoms with Crippen LogP contribution in [-0.4, -0.2) is 31.0 Å². The van der Waals surface area contributed by atoms with E-state index < -0.39 is 10.9 Å². The van der Waals surface area contributed by atoms with Gasteiger partial charge in [0, 0.05) is 6.07 Å². The summed E-state index contributed by atoms with van der Waals surface area (Å²) in [6.45, 7) is 0. The van der Waals surface area contributed by atoms with Crippen LogP contribution in [-0.2, 0) is 11.2 Å². The molecule has 2 rings (SSSR count). The van der Waals surface area contributed by atoms with Gasteiger partial charge in [-0.05, 0) is 12.1 Å². The van der Waals surface area contributed by atoms with Crippen LogP contribution in [0.1, 0.15) is 5.69 Å². The minimum atomic E-state index is -1.05. The molecule has 0 aliphatic carbocycles. The van der Waals surface area contributed by atoms with Crippen molar-refractivity contribution in [1.82, 2.24) is 15.0 Å². The molecule has 1 heterocycles. The molecule has 0 atom stereocenters.